The normalized spacial score (nSPS) is 12.3. The first-order valence-electron chi connectivity index (χ1n) is 10.2. The van der Waals surface area contributed by atoms with E-state index in [1.807, 2.05) is 41.1 Å². The van der Waals surface area contributed by atoms with Gasteiger partial charge in [0.2, 0.25) is 0 Å². The number of imidazole rings is 1. The summed E-state index contributed by atoms with van der Waals surface area (Å²) in [4.78, 5) is 4.54. The monoisotopic (exact) mass is 402 g/mol. The van der Waals surface area contributed by atoms with E-state index in [0.29, 0.717) is 0 Å². The van der Waals surface area contributed by atoms with Crippen LogP contribution in [0.15, 0.2) is 91.3 Å². The van der Waals surface area contributed by atoms with Crippen LogP contribution in [0.25, 0.3) is 40.3 Å². The first-order valence-corrected chi connectivity index (χ1v) is 10.2. The molecule has 0 amide bonds. The summed E-state index contributed by atoms with van der Waals surface area (Å²) in [6.45, 7) is 4.09. The third-order valence-corrected chi connectivity index (χ3v) is 5.46. The van der Waals surface area contributed by atoms with E-state index in [9.17, 15) is 0 Å². The van der Waals surface area contributed by atoms with E-state index in [1.54, 1.807) is 0 Å². The summed E-state index contributed by atoms with van der Waals surface area (Å²) in [5, 5.41) is 9.36. The van der Waals surface area contributed by atoms with E-state index in [0.717, 1.165) is 39.5 Å². The van der Waals surface area contributed by atoms with Gasteiger partial charge in [0.25, 0.3) is 0 Å². The number of rotatable bonds is 4. The van der Waals surface area contributed by atoms with Gasteiger partial charge in [-0.1, -0.05) is 67.3 Å². The Balaban J connectivity index is 1.54. The molecule has 0 aliphatic carbocycles. The van der Waals surface area contributed by atoms with Crippen molar-refractivity contribution >= 4 is 29.1 Å². The van der Waals surface area contributed by atoms with Crippen molar-refractivity contribution in [3.8, 4) is 11.3 Å². The van der Waals surface area contributed by atoms with Crippen LogP contribution in [0.4, 0.5) is 0 Å². The third-order valence-electron chi connectivity index (χ3n) is 5.46. The van der Waals surface area contributed by atoms with Crippen molar-refractivity contribution in [2.45, 2.75) is 6.42 Å². The summed E-state index contributed by atoms with van der Waals surface area (Å²) >= 11 is 0. The number of nitrogens with two attached hydrogens (primary N) is 1. The lowest BCUT2D eigenvalue weighted by molar-refractivity contribution is 0.876. The van der Waals surface area contributed by atoms with Crippen molar-refractivity contribution in [2.75, 3.05) is 0 Å². The number of benzene rings is 3. The fraction of sp³-hybridized carbons (Fsp3) is 0.0370. The highest BCUT2D eigenvalue weighted by molar-refractivity contribution is 5.86. The molecular weight excluding hydrogens is 380 g/mol. The fourth-order valence-electron chi connectivity index (χ4n) is 3.82. The van der Waals surface area contributed by atoms with Gasteiger partial charge in [-0.15, -0.1) is 0 Å². The van der Waals surface area contributed by atoms with Crippen LogP contribution in [-0.4, -0.2) is 14.6 Å². The van der Waals surface area contributed by atoms with E-state index in [4.69, 9.17) is 10.8 Å². The second-order valence-corrected chi connectivity index (χ2v) is 7.56. The SMILES string of the molecule is C=c1ccc(Cc2cnc3ccc(-c4ccc5ccccc5c4)nn23)c/c1=C/C=C\N. The van der Waals surface area contributed by atoms with Crippen LogP contribution in [0.5, 0.6) is 0 Å². The van der Waals surface area contributed by atoms with Crippen LogP contribution >= 0.6 is 0 Å². The number of hydrogen-bond donors (Lipinski definition) is 1. The lowest BCUT2D eigenvalue weighted by atomic mass is 10.1. The Morgan fingerprint density at radius 3 is 2.68 bits per heavy atom. The van der Waals surface area contributed by atoms with Gasteiger partial charge in [-0.05, 0) is 57.2 Å². The van der Waals surface area contributed by atoms with E-state index in [2.05, 4.69) is 66.2 Å². The van der Waals surface area contributed by atoms with Crippen molar-refractivity contribution in [2.24, 2.45) is 5.73 Å². The van der Waals surface area contributed by atoms with Crippen LogP contribution < -0.4 is 16.2 Å². The molecular formula is C27H22N4. The first kappa shape index (κ1) is 18.8. The van der Waals surface area contributed by atoms with Crippen LogP contribution in [-0.2, 0) is 6.42 Å². The Morgan fingerprint density at radius 1 is 0.935 bits per heavy atom. The summed E-state index contributed by atoms with van der Waals surface area (Å²) in [6, 6.07) is 25.1. The molecule has 2 heterocycles. The van der Waals surface area contributed by atoms with Gasteiger partial charge in [0.15, 0.2) is 5.65 Å². The molecule has 4 heteroatoms. The zero-order valence-corrected chi connectivity index (χ0v) is 17.1. The van der Waals surface area contributed by atoms with Crippen LogP contribution in [0, 0.1) is 0 Å². The number of fused-ring (bicyclic) bond motifs is 2. The highest BCUT2D eigenvalue weighted by Gasteiger charge is 2.09. The lowest BCUT2D eigenvalue weighted by Crippen LogP contribution is -2.23. The summed E-state index contributed by atoms with van der Waals surface area (Å²) in [7, 11) is 0. The van der Waals surface area contributed by atoms with Gasteiger partial charge >= 0.3 is 0 Å². The van der Waals surface area contributed by atoms with Gasteiger partial charge in [-0.2, -0.15) is 5.10 Å². The summed E-state index contributed by atoms with van der Waals surface area (Å²) in [5.74, 6) is 0. The van der Waals surface area contributed by atoms with Gasteiger partial charge in [-0.3, -0.25) is 0 Å². The molecule has 0 aliphatic heterocycles. The molecule has 0 radical (unpaired) electrons. The van der Waals surface area contributed by atoms with Crippen LogP contribution in [0.3, 0.4) is 0 Å². The van der Waals surface area contributed by atoms with Crippen molar-refractivity contribution in [1.29, 1.82) is 0 Å². The number of aromatic nitrogens is 3. The molecule has 150 valence electrons. The van der Waals surface area contributed by atoms with Crippen molar-refractivity contribution < 1.29 is 0 Å². The summed E-state index contributed by atoms with van der Waals surface area (Å²) in [5.41, 5.74) is 10.5. The number of allylic oxidation sites excluding steroid dienone is 1. The minimum atomic E-state index is 0.725. The smallest absolute Gasteiger partial charge is 0.153 e. The van der Waals surface area contributed by atoms with Gasteiger partial charge in [-0.25, -0.2) is 9.50 Å². The standard InChI is InChI=1S/C27H22N4/c1-19-8-9-20(15-22(19)7-4-14-28)16-25-18-29-27-13-12-26(30-31(25)27)24-11-10-21-5-2-3-6-23(21)17-24/h2-15,17-18H,1,16,28H2/b14-4-,22-7-. The largest absolute Gasteiger partial charge is 0.405 e. The Hall–Kier alpha value is -4.18. The fourth-order valence-corrected chi connectivity index (χ4v) is 3.82. The maximum absolute atomic E-state index is 5.48. The molecule has 31 heavy (non-hydrogen) atoms. The Labute approximate surface area is 180 Å². The Morgan fingerprint density at radius 2 is 1.81 bits per heavy atom. The molecule has 0 bridgehead atoms. The molecule has 0 unspecified atom stereocenters. The van der Waals surface area contributed by atoms with Crippen molar-refractivity contribution in [3.05, 3.63) is 113 Å². The highest BCUT2D eigenvalue weighted by Crippen LogP contribution is 2.23. The minimum absolute atomic E-state index is 0.725. The second kappa shape index (κ2) is 7.92. The molecule has 0 saturated carbocycles. The second-order valence-electron chi connectivity index (χ2n) is 7.56. The predicted octanol–water partition coefficient (Wildman–Crippen LogP) is 3.80. The molecule has 4 nitrogen and oxygen atoms in total. The molecule has 5 rings (SSSR count). The van der Waals surface area contributed by atoms with Gasteiger partial charge < -0.3 is 5.73 Å². The lowest BCUT2D eigenvalue weighted by Gasteiger charge is -2.06. The highest BCUT2D eigenvalue weighted by atomic mass is 15.3. The molecule has 0 aliphatic rings. The van der Waals surface area contributed by atoms with Crippen LogP contribution in [0.1, 0.15) is 11.3 Å². The first-order chi connectivity index (χ1) is 15.2. The van der Waals surface area contributed by atoms with Gasteiger partial charge in [0.1, 0.15) is 0 Å². The van der Waals surface area contributed by atoms with Gasteiger partial charge in [0, 0.05) is 12.0 Å². The van der Waals surface area contributed by atoms with E-state index >= 15 is 0 Å². The summed E-state index contributed by atoms with van der Waals surface area (Å²) in [6.07, 6.45) is 7.93. The molecule has 2 aromatic heterocycles. The average Bonchev–Trinajstić information content (AvgIpc) is 3.21. The molecule has 0 fully saturated rings. The van der Waals surface area contributed by atoms with Crippen molar-refractivity contribution in [1.82, 2.24) is 14.6 Å². The predicted molar refractivity (Wildman–Crippen MR) is 128 cm³/mol. The van der Waals surface area contributed by atoms with Crippen molar-refractivity contribution in [3.63, 3.8) is 0 Å². The molecule has 3 aromatic carbocycles. The molecule has 0 spiro atoms. The molecule has 5 aromatic rings. The van der Waals surface area contributed by atoms with E-state index < -0.39 is 0 Å². The molecule has 0 atom stereocenters. The maximum atomic E-state index is 5.48. The topological polar surface area (TPSA) is 56.2 Å². The maximum Gasteiger partial charge on any atom is 0.153 e. The summed E-state index contributed by atoms with van der Waals surface area (Å²) < 4.78 is 1.94. The Kier molecular flexibility index (Phi) is 4.81. The average molecular weight is 403 g/mol. The molecule has 2 N–H and O–H groups in total. The molecule has 0 saturated heterocycles. The van der Waals surface area contributed by atoms with E-state index in [-0.39, 0.29) is 0 Å². The number of nitrogens with zero attached hydrogens (tertiary/aromatic N) is 3. The quantitative estimate of drug-likeness (QED) is 0.497. The third kappa shape index (κ3) is 3.71. The zero-order valence-electron chi connectivity index (χ0n) is 17.1. The Bertz CT molecular complexity index is 1540. The zero-order chi connectivity index (χ0) is 21.2. The number of hydrogen-bond acceptors (Lipinski definition) is 3. The van der Waals surface area contributed by atoms with Crippen LogP contribution in [0.2, 0.25) is 0 Å². The van der Waals surface area contributed by atoms with E-state index in [1.165, 1.54) is 22.5 Å². The van der Waals surface area contributed by atoms with Gasteiger partial charge in [0.05, 0.1) is 17.6 Å². The minimum Gasteiger partial charge on any atom is -0.405 e.